The van der Waals surface area contributed by atoms with Crippen LogP contribution in [0.4, 0.5) is 0 Å². The van der Waals surface area contributed by atoms with Crippen molar-refractivity contribution in [3.8, 4) is 0 Å². The Morgan fingerprint density at radius 1 is 1.47 bits per heavy atom. The summed E-state index contributed by atoms with van der Waals surface area (Å²) in [5.74, 6) is 0.0974. The van der Waals surface area contributed by atoms with Crippen molar-refractivity contribution in [2.75, 3.05) is 27.4 Å². The first-order chi connectivity index (χ1) is 9.17. The molecule has 106 valence electrons. The number of nitrogens with zero attached hydrogens (tertiary/aromatic N) is 3. The quantitative estimate of drug-likeness (QED) is 0.773. The van der Waals surface area contributed by atoms with Crippen LogP contribution in [0.3, 0.4) is 0 Å². The molecule has 0 fully saturated rings. The fraction of sp³-hybridized carbons (Fsp3) is 0.692. The van der Waals surface area contributed by atoms with Gasteiger partial charge in [0.25, 0.3) is 0 Å². The number of amides is 1. The molecule has 0 spiro atoms. The van der Waals surface area contributed by atoms with Gasteiger partial charge in [0.05, 0.1) is 44.2 Å². The summed E-state index contributed by atoms with van der Waals surface area (Å²) in [5, 5.41) is 0. The molecule has 1 aliphatic rings. The molecule has 1 aromatic rings. The highest BCUT2D eigenvalue weighted by molar-refractivity contribution is 5.77. The third kappa shape index (κ3) is 2.96. The predicted molar refractivity (Wildman–Crippen MR) is 69.6 cm³/mol. The SMILES string of the molecule is COCCC(=O)N1Cc2ncn(C)c2C[C@H]1COC. The van der Waals surface area contributed by atoms with E-state index >= 15 is 0 Å². The summed E-state index contributed by atoms with van der Waals surface area (Å²) in [6.07, 6.45) is 2.99. The van der Waals surface area contributed by atoms with E-state index < -0.39 is 0 Å². The van der Waals surface area contributed by atoms with Gasteiger partial charge in [-0.1, -0.05) is 0 Å². The normalized spacial score (nSPS) is 18.5. The first kappa shape index (κ1) is 14.0. The highest BCUT2D eigenvalue weighted by Gasteiger charge is 2.31. The second-order valence-electron chi connectivity index (χ2n) is 4.83. The van der Waals surface area contributed by atoms with Crippen LogP contribution < -0.4 is 0 Å². The van der Waals surface area contributed by atoms with Crippen molar-refractivity contribution >= 4 is 5.91 Å². The van der Waals surface area contributed by atoms with Crippen LogP contribution in [0.2, 0.25) is 0 Å². The monoisotopic (exact) mass is 267 g/mol. The highest BCUT2D eigenvalue weighted by Crippen LogP contribution is 2.23. The molecule has 6 heteroatoms. The van der Waals surface area contributed by atoms with Gasteiger partial charge >= 0.3 is 0 Å². The fourth-order valence-corrected chi connectivity index (χ4v) is 2.49. The Hall–Kier alpha value is -1.40. The molecule has 19 heavy (non-hydrogen) atoms. The number of aryl methyl sites for hydroxylation is 1. The Balaban J connectivity index is 2.14. The molecule has 0 aromatic carbocycles. The van der Waals surface area contributed by atoms with E-state index in [2.05, 4.69) is 4.98 Å². The van der Waals surface area contributed by atoms with Crippen LogP contribution in [0.5, 0.6) is 0 Å². The third-order valence-electron chi connectivity index (χ3n) is 3.53. The summed E-state index contributed by atoms with van der Waals surface area (Å²) in [6.45, 7) is 1.56. The molecule has 0 unspecified atom stereocenters. The fourth-order valence-electron chi connectivity index (χ4n) is 2.49. The lowest BCUT2D eigenvalue weighted by Crippen LogP contribution is -2.47. The highest BCUT2D eigenvalue weighted by atomic mass is 16.5. The number of hydrogen-bond donors (Lipinski definition) is 0. The van der Waals surface area contributed by atoms with Crippen LogP contribution in [0, 0.1) is 0 Å². The largest absolute Gasteiger partial charge is 0.384 e. The van der Waals surface area contributed by atoms with Gasteiger partial charge in [0.2, 0.25) is 5.91 Å². The molecular weight excluding hydrogens is 246 g/mol. The zero-order valence-electron chi connectivity index (χ0n) is 11.8. The number of carbonyl (C=O) groups is 1. The average molecular weight is 267 g/mol. The molecule has 6 nitrogen and oxygen atoms in total. The van der Waals surface area contributed by atoms with Crippen molar-refractivity contribution in [2.24, 2.45) is 7.05 Å². The van der Waals surface area contributed by atoms with Crippen molar-refractivity contribution in [2.45, 2.75) is 25.4 Å². The Labute approximate surface area is 113 Å². The molecule has 0 radical (unpaired) electrons. The maximum atomic E-state index is 12.2. The van der Waals surface area contributed by atoms with E-state index in [1.165, 1.54) is 5.69 Å². The van der Waals surface area contributed by atoms with Crippen LogP contribution in [-0.4, -0.2) is 53.8 Å². The summed E-state index contributed by atoms with van der Waals surface area (Å²) in [6, 6.07) is 0.0808. The zero-order valence-corrected chi connectivity index (χ0v) is 11.8. The topological polar surface area (TPSA) is 56.6 Å². The van der Waals surface area contributed by atoms with Gasteiger partial charge in [-0.05, 0) is 0 Å². The van der Waals surface area contributed by atoms with Gasteiger partial charge in [-0.25, -0.2) is 4.98 Å². The first-order valence-corrected chi connectivity index (χ1v) is 6.43. The summed E-state index contributed by atoms with van der Waals surface area (Å²) in [7, 11) is 5.25. The third-order valence-corrected chi connectivity index (χ3v) is 3.53. The Kier molecular flexibility index (Phi) is 4.55. The van der Waals surface area contributed by atoms with Crippen molar-refractivity contribution in [1.29, 1.82) is 0 Å². The van der Waals surface area contributed by atoms with Crippen LogP contribution in [0.15, 0.2) is 6.33 Å². The van der Waals surface area contributed by atoms with E-state index in [0.29, 0.717) is 26.2 Å². The Morgan fingerprint density at radius 2 is 2.26 bits per heavy atom. The average Bonchev–Trinajstić information content (AvgIpc) is 2.77. The van der Waals surface area contributed by atoms with E-state index in [1.807, 2.05) is 16.5 Å². The van der Waals surface area contributed by atoms with Crippen LogP contribution in [-0.2, 0) is 34.3 Å². The van der Waals surface area contributed by atoms with Gasteiger partial charge in [-0.15, -0.1) is 0 Å². The van der Waals surface area contributed by atoms with E-state index in [9.17, 15) is 4.79 Å². The number of carbonyl (C=O) groups excluding carboxylic acids is 1. The van der Waals surface area contributed by atoms with E-state index in [-0.39, 0.29) is 11.9 Å². The lowest BCUT2D eigenvalue weighted by Gasteiger charge is -2.35. The van der Waals surface area contributed by atoms with Gasteiger partial charge in [0, 0.05) is 33.4 Å². The smallest absolute Gasteiger partial charge is 0.225 e. The minimum atomic E-state index is 0.0808. The van der Waals surface area contributed by atoms with Crippen molar-refractivity contribution < 1.29 is 14.3 Å². The molecular formula is C13H21N3O3. The molecule has 2 rings (SSSR count). The van der Waals surface area contributed by atoms with Gasteiger partial charge in [-0.2, -0.15) is 0 Å². The van der Waals surface area contributed by atoms with Crippen LogP contribution in [0.1, 0.15) is 17.8 Å². The minimum Gasteiger partial charge on any atom is -0.384 e. The van der Waals surface area contributed by atoms with Gasteiger partial charge in [-0.3, -0.25) is 4.79 Å². The molecule has 1 aliphatic heterocycles. The van der Waals surface area contributed by atoms with Crippen LogP contribution >= 0.6 is 0 Å². The molecule has 0 saturated heterocycles. The lowest BCUT2D eigenvalue weighted by molar-refractivity contribution is -0.137. The number of rotatable bonds is 5. The second kappa shape index (κ2) is 6.16. The van der Waals surface area contributed by atoms with Crippen LogP contribution in [0.25, 0.3) is 0 Å². The zero-order chi connectivity index (χ0) is 13.8. The summed E-state index contributed by atoms with van der Waals surface area (Å²) in [4.78, 5) is 18.4. The summed E-state index contributed by atoms with van der Waals surface area (Å²) >= 11 is 0. The van der Waals surface area contributed by atoms with E-state index in [0.717, 1.165) is 12.1 Å². The maximum Gasteiger partial charge on any atom is 0.225 e. The Morgan fingerprint density at radius 3 is 2.95 bits per heavy atom. The summed E-state index contributed by atoms with van der Waals surface area (Å²) < 4.78 is 12.2. The van der Waals surface area contributed by atoms with Crippen molar-refractivity contribution in [3.63, 3.8) is 0 Å². The van der Waals surface area contributed by atoms with Gasteiger partial charge in [0.1, 0.15) is 0 Å². The summed E-state index contributed by atoms with van der Waals surface area (Å²) in [5.41, 5.74) is 2.18. The maximum absolute atomic E-state index is 12.2. The second-order valence-corrected chi connectivity index (χ2v) is 4.83. The van der Waals surface area contributed by atoms with Crippen molar-refractivity contribution in [1.82, 2.24) is 14.5 Å². The number of fused-ring (bicyclic) bond motifs is 1. The molecule has 1 amide bonds. The van der Waals surface area contributed by atoms with Gasteiger partial charge in [0.15, 0.2) is 0 Å². The number of ether oxygens (including phenoxy) is 2. The molecule has 1 atom stereocenters. The Bertz CT molecular complexity index is 444. The molecule has 2 heterocycles. The molecule has 0 N–H and O–H groups in total. The predicted octanol–water partition coefficient (Wildman–Crippen LogP) is 0.356. The molecule has 0 aliphatic carbocycles. The molecule has 1 aromatic heterocycles. The molecule has 0 saturated carbocycles. The lowest BCUT2D eigenvalue weighted by atomic mass is 10.0. The van der Waals surface area contributed by atoms with Gasteiger partial charge < -0.3 is 18.9 Å². The molecule has 0 bridgehead atoms. The number of methoxy groups -OCH3 is 2. The van der Waals surface area contributed by atoms with E-state index in [1.54, 1.807) is 20.5 Å². The number of aromatic nitrogens is 2. The standard InChI is InChI=1S/C13H21N3O3/c1-15-9-14-11-7-16(13(17)4-5-18-2)10(8-19-3)6-12(11)15/h9-10H,4-8H2,1-3H3/t10-/m0/s1. The minimum absolute atomic E-state index is 0.0808. The van der Waals surface area contributed by atoms with E-state index in [4.69, 9.17) is 9.47 Å². The van der Waals surface area contributed by atoms with Crippen molar-refractivity contribution in [3.05, 3.63) is 17.7 Å². The number of imidazole rings is 1. The number of hydrogen-bond acceptors (Lipinski definition) is 4. The first-order valence-electron chi connectivity index (χ1n) is 6.43.